The normalized spacial score (nSPS) is 16.1. The van der Waals surface area contributed by atoms with Gasteiger partial charge < -0.3 is 21.9 Å². The molecule has 0 amide bonds. The number of carboxylic acid groups (broad SMARTS) is 1. The number of aromatic nitrogens is 2. The van der Waals surface area contributed by atoms with Crippen LogP contribution in [-0.4, -0.2) is 27.6 Å². The highest BCUT2D eigenvalue weighted by Crippen LogP contribution is 2.37. The Bertz CT molecular complexity index is 730. The van der Waals surface area contributed by atoms with Crippen molar-refractivity contribution in [1.29, 1.82) is 0 Å². The van der Waals surface area contributed by atoms with Crippen molar-refractivity contribution in [3.05, 3.63) is 41.1 Å². The van der Waals surface area contributed by atoms with E-state index >= 15 is 0 Å². The summed E-state index contributed by atoms with van der Waals surface area (Å²) in [5.41, 5.74) is 14.8. The Kier molecular flexibility index (Phi) is 4.01. The maximum Gasteiger partial charge on any atom is 0.335 e. The molecule has 1 heterocycles. The van der Waals surface area contributed by atoms with Crippen molar-refractivity contribution in [2.45, 2.75) is 25.2 Å². The Morgan fingerprint density at radius 1 is 1.26 bits per heavy atom. The summed E-state index contributed by atoms with van der Waals surface area (Å²) in [5.74, 6) is 0.129. The minimum Gasteiger partial charge on any atom is -0.478 e. The summed E-state index contributed by atoms with van der Waals surface area (Å²) in [5, 5.41) is 12.2. The summed E-state index contributed by atoms with van der Waals surface area (Å²) in [4.78, 5) is 19.1. The van der Waals surface area contributed by atoms with E-state index in [4.69, 9.17) is 16.6 Å². The monoisotopic (exact) mass is 313 g/mol. The van der Waals surface area contributed by atoms with Crippen LogP contribution in [0.2, 0.25) is 0 Å². The number of anilines is 3. The third-order valence-corrected chi connectivity index (χ3v) is 4.16. The van der Waals surface area contributed by atoms with Gasteiger partial charge >= 0.3 is 5.97 Å². The summed E-state index contributed by atoms with van der Waals surface area (Å²) in [7, 11) is 0. The van der Waals surface area contributed by atoms with Gasteiger partial charge in [-0.1, -0.05) is 0 Å². The van der Waals surface area contributed by atoms with Crippen LogP contribution in [-0.2, 0) is 6.42 Å². The van der Waals surface area contributed by atoms with Gasteiger partial charge in [-0.15, -0.1) is 0 Å². The molecule has 6 N–H and O–H groups in total. The standard InChI is InChI=1S/C16H19N5O2/c17-14-13-9(3-6-12(13)20-16(18)21-14)7-8-19-11-4-1-10(2-5-11)15(22)23/h1-2,4-5,9,19H,3,6-8H2,(H,22,23)(H4,17,18,20,21). The Labute approximate surface area is 133 Å². The summed E-state index contributed by atoms with van der Waals surface area (Å²) >= 11 is 0. The maximum atomic E-state index is 10.8. The number of carboxylic acids is 1. The van der Waals surface area contributed by atoms with E-state index in [0.717, 1.165) is 42.8 Å². The van der Waals surface area contributed by atoms with Crippen LogP contribution >= 0.6 is 0 Å². The number of fused-ring (bicyclic) bond motifs is 1. The molecule has 1 aliphatic carbocycles. The molecule has 1 unspecified atom stereocenters. The zero-order chi connectivity index (χ0) is 16.4. The largest absolute Gasteiger partial charge is 0.478 e. The van der Waals surface area contributed by atoms with Crippen molar-refractivity contribution in [3.8, 4) is 0 Å². The van der Waals surface area contributed by atoms with Crippen molar-refractivity contribution < 1.29 is 9.90 Å². The molecule has 1 aliphatic rings. The Morgan fingerprint density at radius 2 is 2.00 bits per heavy atom. The van der Waals surface area contributed by atoms with Crippen molar-refractivity contribution >= 4 is 23.4 Å². The number of nitrogens with one attached hydrogen (secondary N) is 1. The summed E-state index contributed by atoms with van der Waals surface area (Å²) in [6.45, 7) is 0.764. The second-order valence-electron chi connectivity index (χ2n) is 5.66. The molecule has 0 spiro atoms. The van der Waals surface area contributed by atoms with Gasteiger partial charge in [-0.2, -0.15) is 4.98 Å². The number of carbonyl (C=O) groups is 1. The number of nitrogen functional groups attached to an aromatic ring is 2. The molecule has 0 bridgehead atoms. The van der Waals surface area contributed by atoms with E-state index in [1.54, 1.807) is 24.3 Å². The molecule has 0 fully saturated rings. The fraction of sp³-hybridized carbons (Fsp3) is 0.312. The second-order valence-corrected chi connectivity index (χ2v) is 5.66. The van der Waals surface area contributed by atoms with Crippen molar-refractivity contribution in [3.63, 3.8) is 0 Å². The lowest BCUT2D eigenvalue weighted by molar-refractivity contribution is 0.0697. The SMILES string of the molecule is Nc1nc(N)c2c(n1)CCC2CCNc1ccc(C(=O)O)cc1. The van der Waals surface area contributed by atoms with Gasteiger partial charge in [0.25, 0.3) is 0 Å². The molecule has 23 heavy (non-hydrogen) atoms. The molecule has 3 rings (SSSR count). The molecule has 120 valence electrons. The Morgan fingerprint density at radius 3 is 2.70 bits per heavy atom. The first-order chi connectivity index (χ1) is 11.0. The molecule has 1 aromatic heterocycles. The molecule has 0 aliphatic heterocycles. The van der Waals surface area contributed by atoms with E-state index in [0.29, 0.717) is 11.7 Å². The summed E-state index contributed by atoms with van der Waals surface area (Å²) in [6.07, 6.45) is 2.78. The van der Waals surface area contributed by atoms with Crippen molar-refractivity contribution in [1.82, 2.24) is 9.97 Å². The zero-order valence-electron chi connectivity index (χ0n) is 12.6. The van der Waals surface area contributed by atoms with Gasteiger partial charge in [0.15, 0.2) is 0 Å². The quantitative estimate of drug-likeness (QED) is 0.663. The third kappa shape index (κ3) is 3.18. The topological polar surface area (TPSA) is 127 Å². The minimum atomic E-state index is -0.922. The van der Waals surface area contributed by atoms with Crippen molar-refractivity contribution in [2.75, 3.05) is 23.3 Å². The molecule has 2 aromatic rings. The molecule has 7 heteroatoms. The van der Waals surface area contributed by atoms with Crippen LogP contribution < -0.4 is 16.8 Å². The second kappa shape index (κ2) is 6.12. The highest BCUT2D eigenvalue weighted by Gasteiger charge is 2.27. The number of hydrogen-bond acceptors (Lipinski definition) is 6. The minimum absolute atomic E-state index is 0.235. The smallest absolute Gasteiger partial charge is 0.335 e. The molecule has 1 atom stereocenters. The van der Waals surface area contributed by atoms with E-state index in [1.165, 1.54) is 0 Å². The van der Waals surface area contributed by atoms with Crippen LogP contribution in [0.25, 0.3) is 0 Å². The number of rotatable bonds is 5. The first-order valence-electron chi connectivity index (χ1n) is 7.53. The summed E-state index contributed by atoms with van der Waals surface area (Å²) < 4.78 is 0. The van der Waals surface area contributed by atoms with Gasteiger partial charge in [0.1, 0.15) is 5.82 Å². The van der Waals surface area contributed by atoms with E-state index in [2.05, 4.69) is 15.3 Å². The first-order valence-corrected chi connectivity index (χ1v) is 7.53. The zero-order valence-corrected chi connectivity index (χ0v) is 12.6. The van der Waals surface area contributed by atoms with E-state index < -0.39 is 5.97 Å². The van der Waals surface area contributed by atoms with Gasteiger partial charge in [0, 0.05) is 17.8 Å². The van der Waals surface area contributed by atoms with Crippen LogP contribution in [0.1, 0.15) is 40.4 Å². The van der Waals surface area contributed by atoms with E-state index in [9.17, 15) is 4.79 Å². The Hall–Kier alpha value is -2.83. The van der Waals surface area contributed by atoms with Crippen molar-refractivity contribution in [2.24, 2.45) is 0 Å². The highest BCUT2D eigenvalue weighted by atomic mass is 16.4. The summed E-state index contributed by atoms with van der Waals surface area (Å²) in [6, 6.07) is 6.71. The maximum absolute atomic E-state index is 10.8. The van der Waals surface area contributed by atoms with E-state index in [1.807, 2.05) is 0 Å². The Balaban J connectivity index is 1.60. The van der Waals surface area contributed by atoms with Gasteiger partial charge in [0.2, 0.25) is 5.95 Å². The molecular weight excluding hydrogens is 294 g/mol. The fourth-order valence-corrected chi connectivity index (χ4v) is 3.06. The third-order valence-electron chi connectivity index (χ3n) is 4.16. The lowest BCUT2D eigenvalue weighted by Crippen LogP contribution is -2.10. The van der Waals surface area contributed by atoms with Crippen LogP contribution in [0.5, 0.6) is 0 Å². The number of hydrogen-bond donors (Lipinski definition) is 4. The van der Waals surface area contributed by atoms with Crippen LogP contribution in [0, 0.1) is 0 Å². The van der Waals surface area contributed by atoms with Gasteiger partial charge in [-0.05, 0) is 49.4 Å². The predicted octanol–water partition coefficient (Wildman–Crippen LogP) is 1.87. The number of nitrogens with zero attached hydrogens (tertiary/aromatic N) is 2. The van der Waals surface area contributed by atoms with Crippen LogP contribution in [0.3, 0.4) is 0 Å². The number of aryl methyl sites for hydroxylation is 1. The average Bonchev–Trinajstić information content (AvgIpc) is 2.91. The van der Waals surface area contributed by atoms with Crippen LogP contribution in [0.4, 0.5) is 17.5 Å². The highest BCUT2D eigenvalue weighted by molar-refractivity contribution is 5.87. The average molecular weight is 313 g/mol. The van der Waals surface area contributed by atoms with E-state index in [-0.39, 0.29) is 11.5 Å². The molecule has 0 radical (unpaired) electrons. The molecule has 7 nitrogen and oxygen atoms in total. The van der Waals surface area contributed by atoms with Gasteiger partial charge in [-0.25, -0.2) is 9.78 Å². The first kappa shape index (κ1) is 15.1. The van der Waals surface area contributed by atoms with Gasteiger partial charge in [0.05, 0.1) is 11.3 Å². The molecule has 0 saturated carbocycles. The lowest BCUT2D eigenvalue weighted by atomic mass is 9.99. The fourth-order valence-electron chi connectivity index (χ4n) is 3.06. The molecular formula is C16H19N5O2. The molecule has 1 aromatic carbocycles. The lowest BCUT2D eigenvalue weighted by Gasteiger charge is -2.14. The number of nitrogens with two attached hydrogens (primary N) is 2. The predicted molar refractivity (Wildman–Crippen MR) is 88.4 cm³/mol. The number of benzene rings is 1. The van der Waals surface area contributed by atoms with Gasteiger partial charge in [-0.3, -0.25) is 0 Å². The van der Waals surface area contributed by atoms with Crippen LogP contribution in [0.15, 0.2) is 24.3 Å². The number of aromatic carboxylic acids is 1. The molecule has 0 saturated heterocycles.